The molecule has 1 aliphatic carbocycles. The molecular formula is C47H29N3OS. The zero-order valence-electron chi connectivity index (χ0n) is 28.0. The number of fused-ring (bicyclic) bond motifs is 8. The zero-order chi connectivity index (χ0) is 34.2. The number of hydrogen-bond acceptors (Lipinski definition) is 5. The Bertz CT molecular complexity index is 3190. The first kappa shape index (κ1) is 29.3. The first-order valence-electron chi connectivity index (χ1n) is 17.6. The number of aromatic nitrogens is 3. The fourth-order valence-electron chi connectivity index (χ4n) is 7.98. The van der Waals surface area contributed by atoms with Gasteiger partial charge in [-0.15, -0.1) is 11.3 Å². The molecular weight excluding hydrogens is 655 g/mol. The van der Waals surface area contributed by atoms with Crippen molar-refractivity contribution in [2.24, 2.45) is 0 Å². The summed E-state index contributed by atoms with van der Waals surface area (Å²) in [4.78, 5) is 15.7. The van der Waals surface area contributed by atoms with Crippen LogP contribution in [0.3, 0.4) is 0 Å². The Morgan fingerprint density at radius 1 is 0.519 bits per heavy atom. The number of hydrogen-bond donors (Lipinski definition) is 0. The van der Waals surface area contributed by atoms with Gasteiger partial charge in [0.05, 0.1) is 0 Å². The van der Waals surface area contributed by atoms with E-state index in [1.165, 1.54) is 41.6 Å². The average Bonchev–Trinajstić information content (AvgIpc) is 3.79. The molecule has 5 heteroatoms. The standard InChI is InChI=1S/C47H29N3OS/c1-3-12-30-26-32(24-22-28(30)10-1)45-48-46(33-25-23-29-11-2-4-13-31(29)27-33)50-47(49-45)37-17-8-19-39-44(37)43-35(15-7-18-38(43)51-39)34-16-9-21-41-42(34)36-14-5-6-20-40(36)52-41/h1-24,26-27,33H,25H2. The normalized spacial score (nSPS) is 14.2. The van der Waals surface area contributed by atoms with Crippen LogP contribution in [0.15, 0.2) is 150 Å². The average molecular weight is 684 g/mol. The van der Waals surface area contributed by atoms with Gasteiger partial charge in [-0.1, -0.05) is 127 Å². The predicted molar refractivity (Wildman–Crippen MR) is 216 cm³/mol. The molecule has 1 aliphatic rings. The maximum atomic E-state index is 6.63. The topological polar surface area (TPSA) is 51.8 Å². The molecule has 0 aliphatic heterocycles. The van der Waals surface area contributed by atoms with Crippen LogP contribution in [0.5, 0.6) is 0 Å². The van der Waals surface area contributed by atoms with Crippen LogP contribution in [-0.4, -0.2) is 15.0 Å². The fraction of sp³-hybridized carbons (Fsp3) is 0.0426. The summed E-state index contributed by atoms with van der Waals surface area (Å²) in [7, 11) is 0. The van der Waals surface area contributed by atoms with E-state index in [0.717, 1.165) is 56.3 Å². The summed E-state index contributed by atoms with van der Waals surface area (Å²) in [6, 6.07) is 51.3. The summed E-state index contributed by atoms with van der Waals surface area (Å²) in [6.07, 6.45) is 5.42. The van der Waals surface area contributed by atoms with E-state index in [1.54, 1.807) is 0 Å². The van der Waals surface area contributed by atoms with Crippen LogP contribution < -0.4 is 10.4 Å². The van der Waals surface area contributed by atoms with E-state index in [9.17, 15) is 0 Å². The second-order valence-corrected chi connectivity index (χ2v) is 14.6. The van der Waals surface area contributed by atoms with Gasteiger partial charge in [-0.25, -0.2) is 15.0 Å². The summed E-state index contributed by atoms with van der Waals surface area (Å²) < 4.78 is 9.18. The third-order valence-electron chi connectivity index (χ3n) is 10.4. The largest absolute Gasteiger partial charge is 0.456 e. The van der Waals surface area contributed by atoms with Crippen molar-refractivity contribution in [3.05, 3.63) is 162 Å². The first-order valence-corrected chi connectivity index (χ1v) is 18.4. The van der Waals surface area contributed by atoms with E-state index in [4.69, 9.17) is 19.4 Å². The second-order valence-electron chi connectivity index (χ2n) is 13.5. The molecule has 0 radical (unpaired) electrons. The minimum atomic E-state index is 0.0104. The molecule has 1 unspecified atom stereocenters. The van der Waals surface area contributed by atoms with Crippen LogP contribution in [0.25, 0.3) is 98.9 Å². The van der Waals surface area contributed by atoms with Gasteiger partial charge in [0.15, 0.2) is 11.6 Å². The number of rotatable bonds is 4. The molecule has 10 aromatic rings. The summed E-state index contributed by atoms with van der Waals surface area (Å²) in [6.45, 7) is 0. The molecule has 0 saturated heterocycles. The molecule has 1 atom stereocenters. The summed E-state index contributed by atoms with van der Waals surface area (Å²) in [5.41, 5.74) is 5.86. The van der Waals surface area contributed by atoms with Gasteiger partial charge in [-0.3, -0.25) is 0 Å². The molecule has 11 rings (SSSR count). The fourth-order valence-corrected chi connectivity index (χ4v) is 9.11. The van der Waals surface area contributed by atoms with E-state index in [1.807, 2.05) is 17.4 Å². The Hall–Kier alpha value is -6.43. The van der Waals surface area contributed by atoms with E-state index < -0.39 is 0 Å². The monoisotopic (exact) mass is 683 g/mol. The molecule has 0 fully saturated rings. The highest BCUT2D eigenvalue weighted by Gasteiger charge is 2.23. The molecule has 244 valence electrons. The van der Waals surface area contributed by atoms with Crippen LogP contribution in [0.2, 0.25) is 0 Å². The minimum absolute atomic E-state index is 0.0104. The lowest BCUT2D eigenvalue weighted by Gasteiger charge is -2.16. The number of furan rings is 1. The smallest absolute Gasteiger partial charge is 0.164 e. The van der Waals surface area contributed by atoms with Crippen molar-refractivity contribution in [1.29, 1.82) is 0 Å². The second kappa shape index (κ2) is 11.6. The highest BCUT2D eigenvalue weighted by molar-refractivity contribution is 7.25. The van der Waals surface area contributed by atoms with Gasteiger partial charge in [0.25, 0.3) is 0 Å². The minimum Gasteiger partial charge on any atom is -0.456 e. The molecule has 0 saturated carbocycles. The molecule has 3 aromatic heterocycles. The molecule has 0 spiro atoms. The lowest BCUT2D eigenvalue weighted by molar-refractivity contribution is 0.669. The SMILES string of the molecule is C1=c2ccccc2=CC(c2nc(-c3ccc4ccccc4c3)nc(-c3cccc4oc5cccc(-c6cccc7sc8ccccc8c67)c5c34)n2)C1. The number of thiophene rings is 1. The number of benzene rings is 7. The van der Waals surface area contributed by atoms with E-state index in [2.05, 4.69) is 152 Å². The van der Waals surface area contributed by atoms with Crippen LogP contribution in [-0.2, 0) is 0 Å². The van der Waals surface area contributed by atoms with Gasteiger partial charge in [0, 0.05) is 48.0 Å². The Balaban J connectivity index is 1.18. The predicted octanol–water partition coefficient (Wildman–Crippen LogP) is 11.0. The van der Waals surface area contributed by atoms with Crippen molar-refractivity contribution >= 4 is 76.4 Å². The van der Waals surface area contributed by atoms with E-state index in [-0.39, 0.29) is 5.92 Å². The zero-order valence-corrected chi connectivity index (χ0v) is 28.8. The van der Waals surface area contributed by atoms with Crippen LogP contribution in [0, 0.1) is 0 Å². The molecule has 0 bridgehead atoms. The van der Waals surface area contributed by atoms with Gasteiger partial charge in [-0.05, 0) is 69.1 Å². The maximum Gasteiger partial charge on any atom is 0.164 e. The van der Waals surface area contributed by atoms with Gasteiger partial charge in [0.1, 0.15) is 17.0 Å². The number of nitrogens with zero attached hydrogens (tertiary/aromatic N) is 3. The molecule has 52 heavy (non-hydrogen) atoms. The van der Waals surface area contributed by atoms with Crippen LogP contribution >= 0.6 is 11.3 Å². The van der Waals surface area contributed by atoms with Crippen molar-refractivity contribution < 1.29 is 4.42 Å². The summed E-state index contributed by atoms with van der Waals surface area (Å²) in [5, 5.41) is 9.41. The van der Waals surface area contributed by atoms with E-state index in [0.29, 0.717) is 11.6 Å². The quantitative estimate of drug-likeness (QED) is 0.185. The van der Waals surface area contributed by atoms with Crippen molar-refractivity contribution in [3.8, 4) is 33.9 Å². The summed E-state index contributed by atoms with van der Waals surface area (Å²) in [5.74, 6) is 2.08. The van der Waals surface area contributed by atoms with E-state index >= 15 is 0 Å². The highest BCUT2D eigenvalue weighted by atomic mass is 32.1. The van der Waals surface area contributed by atoms with Gasteiger partial charge < -0.3 is 4.42 Å². The van der Waals surface area contributed by atoms with Gasteiger partial charge in [-0.2, -0.15) is 0 Å². The first-order chi connectivity index (χ1) is 25.7. The van der Waals surface area contributed by atoms with Crippen LogP contribution in [0.4, 0.5) is 0 Å². The lowest BCUT2D eigenvalue weighted by Crippen LogP contribution is -2.28. The Labute approximate surface area is 302 Å². The van der Waals surface area contributed by atoms with Gasteiger partial charge in [0.2, 0.25) is 0 Å². The van der Waals surface area contributed by atoms with Crippen molar-refractivity contribution in [3.63, 3.8) is 0 Å². The molecule has 4 nitrogen and oxygen atoms in total. The summed E-state index contributed by atoms with van der Waals surface area (Å²) >= 11 is 1.84. The maximum absolute atomic E-state index is 6.63. The lowest BCUT2D eigenvalue weighted by atomic mass is 9.94. The van der Waals surface area contributed by atoms with Crippen LogP contribution in [0.1, 0.15) is 18.2 Å². The Morgan fingerprint density at radius 3 is 2.08 bits per heavy atom. The third kappa shape index (κ3) is 4.63. The molecule has 7 aromatic carbocycles. The molecule has 0 N–H and O–H groups in total. The van der Waals surface area contributed by atoms with Crippen molar-refractivity contribution in [2.75, 3.05) is 0 Å². The van der Waals surface area contributed by atoms with Crippen molar-refractivity contribution in [2.45, 2.75) is 12.3 Å². The molecule has 3 heterocycles. The van der Waals surface area contributed by atoms with Gasteiger partial charge >= 0.3 is 0 Å². The third-order valence-corrected chi connectivity index (χ3v) is 11.6. The molecule has 0 amide bonds. The Kier molecular flexibility index (Phi) is 6.51. The van der Waals surface area contributed by atoms with Crippen molar-refractivity contribution in [1.82, 2.24) is 15.0 Å². The highest BCUT2D eigenvalue weighted by Crippen LogP contribution is 2.45. The Morgan fingerprint density at radius 2 is 1.19 bits per heavy atom.